The lowest BCUT2D eigenvalue weighted by Gasteiger charge is -2.35. The number of hydrogen-bond donors (Lipinski definition) is 2. The van der Waals surface area contributed by atoms with Crippen molar-refractivity contribution in [1.82, 2.24) is 0 Å². The molecule has 40 nitrogen and oxygen atoms in total. The molecule has 0 aromatic heterocycles. The maximum Gasteiger partial charge on any atom is 0.330 e. The number of aliphatic carboxylic acids is 1. The molecule has 0 saturated carbocycles. The van der Waals surface area contributed by atoms with Gasteiger partial charge < -0.3 is 105 Å². The Labute approximate surface area is 696 Å². The number of carboxylic acid groups (broad SMARTS) is 1. The van der Waals surface area contributed by atoms with E-state index in [-0.39, 0.29) is 13.2 Å². The lowest BCUT2D eigenvalue weighted by Crippen LogP contribution is -2.47. The molecule has 121 heavy (non-hydrogen) atoms. The molecule has 0 spiro atoms. The summed E-state index contributed by atoms with van der Waals surface area (Å²) in [6.45, 7) is 40.8. The number of hydrogen-bond acceptors (Lipinski definition) is 39. The lowest BCUT2D eigenvalue weighted by molar-refractivity contribution is -0.174. The molecule has 0 amide bonds. The summed E-state index contributed by atoms with van der Waals surface area (Å²) in [4.78, 5) is 211. The molecule has 0 saturated heterocycles. The average molecular weight is 1710 g/mol. The summed E-state index contributed by atoms with van der Waals surface area (Å²) in [5, 5.41) is 18.9. The van der Waals surface area contributed by atoms with E-state index < -0.39 is 292 Å². The van der Waals surface area contributed by atoms with E-state index in [1.807, 2.05) is 0 Å². The van der Waals surface area contributed by atoms with E-state index in [0.29, 0.717) is 0 Å². The maximum atomic E-state index is 12.0. The smallest absolute Gasteiger partial charge is 0.330 e. The molecule has 2 N–H and O–H groups in total. The fraction of sp³-hybridized carbons (Fsp3) is 0.383. The molecule has 0 bridgehead atoms. The summed E-state index contributed by atoms with van der Waals surface area (Å²) in [6.07, 6.45) is 13.1. The van der Waals surface area contributed by atoms with Gasteiger partial charge in [-0.1, -0.05) is 105 Å². The van der Waals surface area contributed by atoms with Crippen molar-refractivity contribution in [2.45, 2.75) is 6.42 Å². The maximum absolute atomic E-state index is 12.0. The largest absolute Gasteiger partial charge is 0.481 e. The third-order valence-corrected chi connectivity index (χ3v) is 14.6. The second kappa shape index (κ2) is 62.4. The zero-order valence-corrected chi connectivity index (χ0v) is 66.6. The van der Waals surface area contributed by atoms with Crippen molar-refractivity contribution in [3.05, 3.63) is 202 Å². The van der Waals surface area contributed by atoms with Crippen LogP contribution in [0, 0.1) is 32.5 Å². The first-order chi connectivity index (χ1) is 57.3. The van der Waals surface area contributed by atoms with E-state index in [1.165, 1.54) is 0 Å². The molecule has 0 aliphatic carbocycles. The molecular formula is C81H100O40. The Morgan fingerprint density at radius 2 is 0.289 bits per heavy atom. The SMILES string of the molecule is C=CC(=O)OCC(CO)(COCC(COC(=O)C=C)(COC(=O)C=C)COC(=O)C=C)COC(=O)C=C.C=CC(=O)OCC(COCC(COC(=O)C=C)(COC(=O)C=C)COC(=O)C=C)(COC(=O)C=C)COC(=O)C=C.C=CC(=O)OCC(COCC(COC(=O)C=C)(COC(=O)C=C)COC(=O)CC(=O)O)(COC(=O)C=C)COC(=O)C=C. The molecule has 0 aromatic rings. The monoisotopic (exact) mass is 1710 g/mol. The number of carboxylic acids is 1. The number of carbonyl (C=O) groups excluding carboxylic acids is 17. The second-order valence-corrected chi connectivity index (χ2v) is 24.9. The van der Waals surface area contributed by atoms with Crippen LogP contribution in [0.15, 0.2) is 202 Å². The Morgan fingerprint density at radius 1 is 0.182 bits per heavy atom. The van der Waals surface area contributed by atoms with Gasteiger partial charge in [-0.25, -0.2) is 76.7 Å². The highest BCUT2D eigenvalue weighted by molar-refractivity contribution is 5.90. The molecular weight excluding hydrogens is 1610 g/mol. The molecule has 0 fully saturated rings. The highest BCUT2D eigenvalue weighted by Gasteiger charge is 2.44. The van der Waals surface area contributed by atoms with Crippen molar-refractivity contribution in [3.63, 3.8) is 0 Å². The van der Waals surface area contributed by atoms with Gasteiger partial charge in [0.2, 0.25) is 0 Å². The van der Waals surface area contributed by atoms with Crippen LogP contribution in [0.1, 0.15) is 6.42 Å². The predicted octanol–water partition coefficient (Wildman–Crippen LogP) is 2.60. The Hall–Kier alpha value is -13.9. The Balaban J connectivity index is -0.00000173. The molecule has 0 radical (unpaired) electrons. The van der Waals surface area contributed by atoms with Gasteiger partial charge >= 0.3 is 107 Å². The van der Waals surface area contributed by atoms with Crippen LogP contribution in [0.2, 0.25) is 0 Å². The quantitative estimate of drug-likeness (QED) is 0.0382. The Kier molecular flexibility index (Phi) is 57.4. The molecule has 40 heteroatoms. The van der Waals surface area contributed by atoms with E-state index in [2.05, 4.69) is 105 Å². The van der Waals surface area contributed by atoms with Crippen LogP contribution >= 0.6 is 0 Å². The summed E-state index contributed by atoms with van der Waals surface area (Å²) in [5.41, 5.74) is -9.06. The van der Waals surface area contributed by atoms with Gasteiger partial charge in [0, 0.05) is 97.2 Å². The van der Waals surface area contributed by atoms with E-state index in [0.717, 1.165) is 97.2 Å². The first-order valence-electron chi connectivity index (χ1n) is 34.7. The van der Waals surface area contributed by atoms with Gasteiger partial charge in [-0.15, -0.1) is 0 Å². The zero-order chi connectivity index (χ0) is 92.5. The molecule has 0 rings (SSSR count). The van der Waals surface area contributed by atoms with Crippen LogP contribution < -0.4 is 0 Å². The number of ether oxygens (including phenoxy) is 20. The van der Waals surface area contributed by atoms with E-state index in [4.69, 9.17) is 99.8 Å². The van der Waals surface area contributed by atoms with Crippen LogP contribution in [0.5, 0.6) is 0 Å². The topological polar surface area (TPSA) is 532 Å². The van der Waals surface area contributed by atoms with Gasteiger partial charge in [0.05, 0.1) is 78.7 Å². The number of rotatable bonds is 65. The van der Waals surface area contributed by atoms with Gasteiger partial charge in [0.25, 0.3) is 0 Å². The number of esters is 17. The summed E-state index contributed by atoms with van der Waals surface area (Å²) in [5.74, 6) is -16.1. The van der Waals surface area contributed by atoms with Crippen molar-refractivity contribution in [2.24, 2.45) is 32.5 Å². The standard InChI is InChI=1S/C28H34O15.C28H34O13.C25H32O12/c1-6-21(31)38-14-27(15-39-22(32)7-2,16-40-23(33)8-3)12-37-13-28(17-41-24(34)9-4,18-42-25(35)10-5)19-43-26(36)11-20(29)30;1-7-21(29)36-15-27(16-37-22(30)8-2,17-38-23(31)9-3)13-35-14-28(18-39-24(32)10-4,19-40-25(33)11-5)20-41-26(34)12-6;1-6-19(27)33-14-24(11-26,15-34-20(28)7-2)12-32-13-25(16-35-21(29)8-3,17-36-22(30)9-4)18-37-23(31)10-5/h6-10H,1-5,11-19H2,(H,29,30);7-12H,1-6,13-20H2;6-10,26H,1-5,11-18H2. The first kappa shape index (κ1) is 111. The van der Waals surface area contributed by atoms with Gasteiger partial charge in [-0.3, -0.25) is 9.59 Å². The van der Waals surface area contributed by atoms with Crippen molar-refractivity contribution in [1.29, 1.82) is 0 Å². The zero-order valence-electron chi connectivity index (χ0n) is 66.6. The summed E-state index contributed by atoms with van der Waals surface area (Å²) < 4.78 is 104. The summed E-state index contributed by atoms with van der Waals surface area (Å²) in [6, 6.07) is 0. The van der Waals surface area contributed by atoms with Gasteiger partial charge in [-0.2, -0.15) is 0 Å². The van der Waals surface area contributed by atoms with Crippen molar-refractivity contribution >= 4 is 107 Å². The van der Waals surface area contributed by atoms with Gasteiger partial charge in [0.1, 0.15) is 119 Å². The molecule has 0 aliphatic heterocycles. The third kappa shape index (κ3) is 50.4. The molecule has 0 aromatic carbocycles. The van der Waals surface area contributed by atoms with Crippen molar-refractivity contribution < 1.29 is 191 Å². The van der Waals surface area contributed by atoms with Gasteiger partial charge in [0.15, 0.2) is 0 Å². The number of aliphatic hydroxyl groups is 1. The minimum Gasteiger partial charge on any atom is -0.481 e. The second-order valence-electron chi connectivity index (χ2n) is 24.9. The highest BCUT2D eigenvalue weighted by atomic mass is 16.6. The fourth-order valence-electron chi connectivity index (χ4n) is 7.90. The molecule has 664 valence electrons. The van der Waals surface area contributed by atoms with E-state index in [1.54, 1.807) is 0 Å². The minimum atomic E-state index is -1.65. The lowest BCUT2D eigenvalue weighted by atomic mass is 9.90. The van der Waals surface area contributed by atoms with Crippen LogP contribution in [0.25, 0.3) is 0 Å². The fourth-order valence-corrected chi connectivity index (χ4v) is 7.90. The van der Waals surface area contributed by atoms with Crippen LogP contribution in [-0.4, -0.2) is 276 Å². The van der Waals surface area contributed by atoms with E-state index in [9.17, 15) is 91.4 Å². The normalized spacial score (nSPS) is 10.6. The summed E-state index contributed by atoms with van der Waals surface area (Å²) >= 11 is 0. The van der Waals surface area contributed by atoms with Crippen molar-refractivity contribution in [2.75, 3.05) is 159 Å². The van der Waals surface area contributed by atoms with Gasteiger partial charge in [-0.05, 0) is 0 Å². The molecule has 0 unspecified atom stereocenters. The first-order valence-corrected chi connectivity index (χ1v) is 34.7. The highest BCUT2D eigenvalue weighted by Crippen LogP contribution is 2.30. The van der Waals surface area contributed by atoms with Crippen molar-refractivity contribution in [3.8, 4) is 0 Å². The molecule has 0 aliphatic rings. The van der Waals surface area contributed by atoms with Crippen LogP contribution in [-0.2, 0) is 181 Å². The number of carbonyl (C=O) groups is 18. The van der Waals surface area contributed by atoms with Crippen LogP contribution in [0.3, 0.4) is 0 Å². The molecule has 0 heterocycles. The average Bonchev–Trinajstić information content (AvgIpc) is 0.845. The van der Waals surface area contributed by atoms with E-state index >= 15 is 0 Å². The molecule has 0 atom stereocenters. The summed E-state index contributed by atoms with van der Waals surface area (Å²) in [7, 11) is 0. The third-order valence-electron chi connectivity index (χ3n) is 14.6. The predicted molar refractivity (Wildman–Crippen MR) is 416 cm³/mol. The number of aliphatic hydroxyl groups excluding tert-OH is 1. The Morgan fingerprint density at radius 3 is 0.397 bits per heavy atom. The minimum absolute atomic E-state index is 0.375. The Bertz CT molecular complexity index is 3370. The van der Waals surface area contributed by atoms with Crippen LogP contribution in [0.4, 0.5) is 0 Å².